The molecule has 3 aromatic carbocycles. The average molecular weight is 630 g/mol. The molecule has 0 spiro atoms. The van der Waals surface area contributed by atoms with E-state index in [0.29, 0.717) is 31.1 Å². The maximum Gasteiger partial charge on any atom is 0.432 e. The van der Waals surface area contributed by atoms with Crippen LogP contribution in [0.25, 0.3) is 11.1 Å². The van der Waals surface area contributed by atoms with E-state index < -0.39 is 47.0 Å². The molecule has 238 valence electrons. The standard InChI is InChI=1S/C35H33F6NO3/c1-2-3-4-5-21-6-8-22(9-7-21)26-19-43-34(44-20-26)25-15-31(38)33(32(39)16-25)35(40,41)45-27-12-13-28(30(37)17-27)23-10-11-24(18-42)29(36)14-23/h2-3,10-17,21-22,26,34H,4-9,19-20H2,1H3/b3-2+. The topological polar surface area (TPSA) is 51.5 Å². The summed E-state index contributed by atoms with van der Waals surface area (Å²) in [4.78, 5) is 0. The van der Waals surface area contributed by atoms with Crippen LogP contribution < -0.4 is 4.74 Å². The monoisotopic (exact) mass is 629 g/mol. The van der Waals surface area contributed by atoms with Crippen LogP contribution in [0.2, 0.25) is 0 Å². The highest BCUT2D eigenvalue weighted by Gasteiger charge is 2.42. The summed E-state index contributed by atoms with van der Waals surface area (Å²) in [6.45, 7) is 2.69. The molecule has 1 heterocycles. The number of alkyl halides is 2. The molecular weight excluding hydrogens is 596 g/mol. The summed E-state index contributed by atoms with van der Waals surface area (Å²) in [5.74, 6) is -4.52. The quantitative estimate of drug-likeness (QED) is 0.175. The smallest absolute Gasteiger partial charge is 0.429 e. The molecule has 0 radical (unpaired) electrons. The first-order chi connectivity index (χ1) is 21.6. The normalized spacial score (nSPS) is 22.4. The molecule has 0 unspecified atom stereocenters. The number of hydrogen-bond acceptors (Lipinski definition) is 4. The molecule has 2 aliphatic rings. The summed E-state index contributed by atoms with van der Waals surface area (Å²) in [5.41, 5.74) is -2.08. The Bertz CT molecular complexity index is 1550. The van der Waals surface area contributed by atoms with E-state index in [9.17, 15) is 17.6 Å². The SMILES string of the molecule is C/C=C/CCC1CCC(C2COC(c3cc(F)c(C(F)(F)Oc4ccc(-c5ccc(C#N)c(F)c5)c(F)c4)c(F)c3)OC2)CC1. The Morgan fingerprint density at radius 2 is 1.56 bits per heavy atom. The van der Waals surface area contributed by atoms with E-state index in [1.54, 1.807) is 6.07 Å². The molecule has 10 heteroatoms. The van der Waals surface area contributed by atoms with Crippen molar-refractivity contribution in [1.82, 2.24) is 0 Å². The molecule has 1 saturated heterocycles. The third kappa shape index (κ3) is 7.54. The summed E-state index contributed by atoms with van der Waals surface area (Å²) in [6, 6.07) is 9.07. The van der Waals surface area contributed by atoms with Crippen LogP contribution in [0.3, 0.4) is 0 Å². The van der Waals surface area contributed by atoms with Crippen LogP contribution >= 0.6 is 0 Å². The van der Waals surface area contributed by atoms with Gasteiger partial charge in [-0.2, -0.15) is 14.0 Å². The van der Waals surface area contributed by atoms with Crippen molar-refractivity contribution < 1.29 is 40.6 Å². The molecule has 0 aromatic heterocycles. The minimum absolute atomic E-state index is 0.0523. The number of hydrogen-bond donors (Lipinski definition) is 0. The first kappa shape index (κ1) is 32.6. The van der Waals surface area contributed by atoms with Crippen LogP contribution in [0.15, 0.2) is 60.7 Å². The zero-order valence-corrected chi connectivity index (χ0v) is 24.7. The lowest BCUT2D eigenvalue weighted by Gasteiger charge is -2.38. The van der Waals surface area contributed by atoms with Gasteiger partial charge in [-0.25, -0.2) is 17.6 Å². The zero-order valence-electron chi connectivity index (χ0n) is 24.7. The number of allylic oxidation sites excluding steroid dienone is 2. The van der Waals surface area contributed by atoms with Crippen LogP contribution in [0.1, 0.15) is 68.4 Å². The Labute approximate surface area is 258 Å². The van der Waals surface area contributed by atoms with Gasteiger partial charge in [-0.05, 0) is 86.4 Å². The van der Waals surface area contributed by atoms with Crippen LogP contribution in [-0.2, 0) is 15.6 Å². The van der Waals surface area contributed by atoms with Crippen molar-refractivity contribution in [2.75, 3.05) is 13.2 Å². The largest absolute Gasteiger partial charge is 0.432 e. The Morgan fingerprint density at radius 3 is 2.16 bits per heavy atom. The second kappa shape index (κ2) is 14.1. The fourth-order valence-electron chi connectivity index (χ4n) is 6.20. The summed E-state index contributed by atoms with van der Waals surface area (Å²) < 4.78 is 105. The van der Waals surface area contributed by atoms with Crippen LogP contribution in [0.5, 0.6) is 5.75 Å². The molecule has 0 N–H and O–H groups in total. The summed E-state index contributed by atoms with van der Waals surface area (Å²) in [6.07, 6.45) is 5.32. The van der Waals surface area contributed by atoms with Crippen molar-refractivity contribution in [2.45, 2.75) is 57.8 Å². The van der Waals surface area contributed by atoms with Gasteiger partial charge in [0.25, 0.3) is 0 Å². The van der Waals surface area contributed by atoms with Gasteiger partial charge in [0.05, 0.1) is 18.8 Å². The van der Waals surface area contributed by atoms with Gasteiger partial charge in [-0.15, -0.1) is 0 Å². The molecule has 5 rings (SSSR count). The van der Waals surface area contributed by atoms with E-state index in [-0.39, 0.29) is 28.2 Å². The predicted molar refractivity (Wildman–Crippen MR) is 155 cm³/mol. The lowest BCUT2D eigenvalue weighted by atomic mass is 9.75. The third-order valence-corrected chi connectivity index (χ3v) is 8.67. The van der Waals surface area contributed by atoms with Crippen molar-refractivity contribution in [1.29, 1.82) is 5.26 Å². The molecule has 45 heavy (non-hydrogen) atoms. The molecule has 0 bridgehead atoms. The zero-order chi connectivity index (χ0) is 32.1. The second-order valence-corrected chi connectivity index (χ2v) is 11.6. The van der Waals surface area contributed by atoms with Crippen LogP contribution in [0, 0.1) is 52.4 Å². The Balaban J connectivity index is 1.21. The highest BCUT2D eigenvalue weighted by atomic mass is 19.3. The van der Waals surface area contributed by atoms with Gasteiger partial charge in [0.15, 0.2) is 6.29 Å². The van der Waals surface area contributed by atoms with E-state index >= 15 is 8.78 Å². The number of halogens is 6. The molecule has 1 aliphatic heterocycles. The lowest BCUT2D eigenvalue weighted by molar-refractivity contribution is -0.215. The van der Waals surface area contributed by atoms with Crippen LogP contribution in [-0.4, -0.2) is 13.2 Å². The Kier molecular flexibility index (Phi) is 10.2. The number of benzene rings is 3. The van der Waals surface area contributed by atoms with Crippen molar-refractivity contribution in [3.63, 3.8) is 0 Å². The van der Waals surface area contributed by atoms with Crippen molar-refractivity contribution in [3.05, 3.63) is 101 Å². The molecule has 2 fully saturated rings. The van der Waals surface area contributed by atoms with E-state index in [0.717, 1.165) is 68.5 Å². The number of rotatable bonds is 9. The summed E-state index contributed by atoms with van der Waals surface area (Å²) in [7, 11) is 0. The van der Waals surface area contributed by atoms with E-state index in [1.807, 2.05) is 6.92 Å². The van der Waals surface area contributed by atoms with Gasteiger partial charge in [-0.3, -0.25) is 0 Å². The fraction of sp³-hybridized carbons (Fsp3) is 0.400. The maximum absolute atomic E-state index is 15.0. The van der Waals surface area contributed by atoms with Gasteiger partial charge in [0.1, 0.15) is 40.7 Å². The predicted octanol–water partition coefficient (Wildman–Crippen LogP) is 9.73. The third-order valence-electron chi connectivity index (χ3n) is 8.67. The highest BCUT2D eigenvalue weighted by molar-refractivity contribution is 5.66. The lowest BCUT2D eigenvalue weighted by Crippen LogP contribution is -2.34. The van der Waals surface area contributed by atoms with E-state index in [2.05, 4.69) is 16.9 Å². The van der Waals surface area contributed by atoms with Crippen LogP contribution in [0.4, 0.5) is 26.3 Å². The second-order valence-electron chi connectivity index (χ2n) is 11.6. The van der Waals surface area contributed by atoms with Gasteiger partial charge in [-0.1, -0.05) is 31.1 Å². The Hall–Kier alpha value is -3.81. The van der Waals surface area contributed by atoms with Gasteiger partial charge in [0.2, 0.25) is 0 Å². The van der Waals surface area contributed by atoms with Gasteiger partial charge in [0, 0.05) is 23.1 Å². The minimum atomic E-state index is -4.51. The average Bonchev–Trinajstić information content (AvgIpc) is 3.01. The molecule has 1 aliphatic carbocycles. The number of ether oxygens (including phenoxy) is 3. The van der Waals surface area contributed by atoms with Gasteiger partial charge < -0.3 is 14.2 Å². The molecule has 3 aromatic rings. The van der Waals surface area contributed by atoms with Gasteiger partial charge >= 0.3 is 6.11 Å². The maximum atomic E-state index is 15.0. The Morgan fingerprint density at radius 1 is 0.867 bits per heavy atom. The molecule has 1 saturated carbocycles. The molecule has 4 nitrogen and oxygen atoms in total. The summed E-state index contributed by atoms with van der Waals surface area (Å²) >= 11 is 0. The number of nitrogens with zero attached hydrogens (tertiary/aromatic N) is 1. The first-order valence-corrected chi connectivity index (χ1v) is 15.0. The van der Waals surface area contributed by atoms with Crippen molar-refractivity contribution in [2.24, 2.45) is 17.8 Å². The number of nitriles is 1. The summed E-state index contributed by atoms with van der Waals surface area (Å²) in [5, 5.41) is 8.86. The highest BCUT2D eigenvalue weighted by Crippen LogP contribution is 2.41. The fourth-order valence-corrected chi connectivity index (χ4v) is 6.20. The minimum Gasteiger partial charge on any atom is -0.429 e. The first-order valence-electron chi connectivity index (χ1n) is 15.0. The molecular formula is C35H33F6NO3. The molecule has 0 amide bonds. The van der Waals surface area contributed by atoms with E-state index in [1.165, 1.54) is 12.5 Å². The van der Waals surface area contributed by atoms with E-state index in [4.69, 9.17) is 14.7 Å². The molecule has 0 atom stereocenters. The van der Waals surface area contributed by atoms with Crippen molar-refractivity contribution in [3.8, 4) is 22.9 Å². The van der Waals surface area contributed by atoms with Crippen molar-refractivity contribution >= 4 is 0 Å².